The number of aromatic nitrogens is 2. The number of ether oxygens (including phenoxy) is 3. The van der Waals surface area contributed by atoms with Crippen LogP contribution < -0.4 is 9.47 Å². The largest absolute Gasteiger partial charge is 0.494 e. The Morgan fingerprint density at radius 1 is 1.17 bits per heavy atom. The average molecular weight is 602 g/mol. The third-order valence-electron chi connectivity index (χ3n) is 6.12. The molecule has 0 atom stereocenters. The highest BCUT2D eigenvalue weighted by Crippen LogP contribution is 2.50. The molecule has 0 bridgehead atoms. The number of carbonyl (C=O) groups is 1. The van der Waals surface area contributed by atoms with Crippen molar-refractivity contribution in [3.05, 3.63) is 55.1 Å². The molecule has 11 heteroatoms. The predicted octanol–water partition coefficient (Wildman–Crippen LogP) is 6.41. The number of amides is 1. The van der Waals surface area contributed by atoms with Crippen LogP contribution in [0.1, 0.15) is 29.9 Å². The van der Waals surface area contributed by atoms with E-state index < -0.39 is 5.54 Å². The lowest BCUT2D eigenvalue weighted by Gasteiger charge is -2.41. The lowest BCUT2D eigenvalue weighted by atomic mass is 9.99. The Bertz CT molecular complexity index is 1340. The molecule has 3 aromatic rings. The minimum atomic E-state index is -0.488. The number of nitrogens with zero attached hydrogens (tertiary/aromatic N) is 3. The number of hydrogen-bond donors (Lipinski definition) is 0. The highest BCUT2D eigenvalue weighted by atomic mass is 79.9. The maximum Gasteiger partial charge on any atom is 0.275 e. The van der Waals surface area contributed by atoms with Crippen molar-refractivity contribution in [1.82, 2.24) is 14.7 Å². The number of rotatable bonds is 3. The van der Waals surface area contributed by atoms with Gasteiger partial charge < -0.3 is 19.1 Å². The Kier molecular flexibility index (Phi) is 6.47. The molecule has 1 aromatic heterocycles. The van der Waals surface area contributed by atoms with Crippen LogP contribution >= 0.6 is 50.7 Å². The predicted molar refractivity (Wildman–Crippen MR) is 139 cm³/mol. The zero-order valence-corrected chi connectivity index (χ0v) is 23.0. The molecule has 1 fully saturated rings. The zero-order chi connectivity index (χ0) is 25.1. The molecule has 0 saturated carbocycles. The Labute approximate surface area is 225 Å². The molecule has 35 heavy (non-hydrogen) atoms. The van der Waals surface area contributed by atoms with E-state index in [1.807, 2.05) is 19.9 Å². The molecule has 2 aliphatic heterocycles. The van der Waals surface area contributed by atoms with Gasteiger partial charge in [-0.3, -0.25) is 4.79 Å². The second-order valence-corrected chi connectivity index (χ2v) is 11.0. The van der Waals surface area contributed by atoms with Gasteiger partial charge >= 0.3 is 0 Å². The van der Waals surface area contributed by atoms with Gasteiger partial charge in [0.25, 0.3) is 5.91 Å². The van der Waals surface area contributed by atoms with Gasteiger partial charge in [-0.25, -0.2) is 4.68 Å². The second kappa shape index (κ2) is 9.16. The summed E-state index contributed by atoms with van der Waals surface area (Å²) in [5.74, 6) is 0.698. The molecule has 2 aromatic carbocycles. The summed E-state index contributed by atoms with van der Waals surface area (Å²) in [6, 6.07) is 6.96. The van der Waals surface area contributed by atoms with E-state index in [1.165, 1.54) is 7.11 Å². The number of carbonyl (C=O) groups excluding carboxylic acids is 1. The van der Waals surface area contributed by atoms with E-state index in [9.17, 15) is 4.79 Å². The quantitative estimate of drug-likeness (QED) is 0.347. The third kappa shape index (κ3) is 4.19. The molecule has 0 unspecified atom stereocenters. The first-order valence-electron chi connectivity index (χ1n) is 10.8. The molecule has 2 aliphatic rings. The summed E-state index contributed by atoms with van der Waals surface area (Å²) in [5.41, 5.74) is 2.39. The lowest BCUT2D eigenvalue weighted by molar-refractivity contribution is -0.0374. The highest BCUT2D eigenvalue weighted by molar-refractivity contribution is 9.10. The Morgan fingerprint density at radius 3 is 2.54 bits per heavy atom. The SMILES string of the molecule is COc1c(Br)cc2c(c1Cl)OCc1c(C(=O)N3CCOCC3(C)C)nn(-c3cc(Cl)cc(Cl)c3)c1-2. The molecule has 3 heterocycles. The number of morpholine rings is 1. The van der Waals surface area contributed by atoms with E-state index in [0.29, 0.717) is 79.0 Å². The van der Waals surface area contributed by atoms with Crippen molar-refractivity contribution in [2.45, 2.75) is 26.0 Å². The Morgan fingerprint density at radius 2 is 1.89 bits per heavy atom. The topological polar surface area (TPSA) is 65.8 Å². The monoisotopic (exact) mass is 599 g/mol. The summed E-state index contributed by atoms with van der Waals surface area (Å²) >= 11 is 22.8. The normalized spacial score (nSPS) is 16.4. The first kappa shape index (κ1) is 24.7. The van der Waals surface area contributed by atoms with Gasteiger partial charge in [-0.05, 0) is 54.0 Å². The van der Waals surface area contributed by atoms with Crippen molar-refractivity contribution in [3.8, 4) is 28.4 Å². The zero-order valence-electron chi connectivity index (χ0n) is 19.1. The van der Waals surface area contributed by atoms with Gasteiger partial charge in [0.05, 0.1) is 41.7 Å². The fourth-order valence-corrected chi connectivity index (χ4v) is 6.03. The molecule has 0 radical (unpaired) electrons. The van der Waals surface area contributed by atoms with Crippen LogP contribution in [0.15, 0.2) is 28.7 Å². The van der Waals surface area contributed by atoms with Gasteiger partial charge in [-0.15, -0.1) is 0 Å². The van der Waals surface area contributed by atoms with Gasteiger partial charge in [0, 0.05) is 27.7 Å². The molecule has 184 valence electrons. The standard InChI is InChI=1S/C24H21BrCl3N3O4/c1-24(2)11-34-5-4-30(24)23(32)19-16-10-35-21-15(9-17(25)22(33-3)18(21)28)20(16)31(29-19)14-7-12(26)6-13(27)8-14/h6-9H,4-5,10-11H2,1-3H3. The van der Waals surface area contributed by atoms with Crippen molar-refractivity contribution in [1.29, 1.82) is 0 Å². The molecule has 5 rings (SSSR count). The summed E-state index contributed by atoms with van der Waals surface area (Å²) in [6.07, 6.45) is 0. The van der Waals surface area contributed by atoms with E-state index in [2.05, 4.69) is 15.9 Å². The average Bonchev–Trinajstić information content (AvgIpc) is 3.18. The number of fused-ring (bicyclic) bond motifs is 3. The molecule has 1 amide bonds. The van der Waals surface area contributed by atoms with Gasteiger partial charge in [0.15, 0.2) is 17.2 Å². The summed E-state index contributed by atoms with van der Waals surface area (Å²) in [5, 5.41) is 5.99. The van der Waals surface area contributed by atoms with Gasteiger partial charge in [-0.2, -0.15) is 5.10 Å². The maximum absolute atomic E-state index is 13.8. The molecule has 0 N–H and O–H groups in total. The van der Waals surface area contributed by atoms with Crippen molar-refractivity contribution in [3.63, 3.8) is 0 Å². The van der Waals surface area contributed by atoms with Crippen LogP contribution in [-0.4, -0.2) is 53.0 Å². The van der Waals surface area contributed by atoms with Crippen LogP contribution in [0.25, 0.3) is 16.9 Å². The van der Waals surface area contributed by atoms with Gasteiger partial charge in [-0.1, -0.05) is 34.8 Å². The fourth-order valence-electron chi connectivity index (χ4n) is 4.48. The number of methoxy groups -OCH3 is 1. The Hall–Kier alpha value is -1.97. The summed E-state index contributed by atoms with van der Waals surface area (Å²) in [6.45, 7) is 5.41. The second-order valence-electron chi connectivity index (χ2n) is 8.91. The van der Waals surface area contributed by atoms with Crippen molar-refractivity contribution in [2.75, 3.05) is 26.9 Å². The van der Waals surface area contributed by atoms with Crippen LogP contribution in [-0.2, 0) is 11.3 Å². The lowest BCUT2D eigenvalue weighted by Crippen LogP contribution is -2.55. The molecular formula is C24H21BrCl3N3O4. The molecular weight excluding hydrogens is 581 g/mol. The van der Waals surface area contributed by atoms with Crippen LogP contribution in [0.4, 0.5) is 0 Å². The number of benzene rings is 2. The summed E-state index contributed by atoms with van der Waals surface area (Å²) in [4.78, 5) is 15.6. The molecule has 1 saturated heterocycles. The van der Waals surface area contributed by atoms with Crippen LogP contribution in [0.2, 0.25) is 15.1 Å². The van der Waals surface area contributed by atoms with E-state index in [4.69, 9.17) is 54.1 Å². The summed E-state index contributed by atoms with van der Waals surface area (Å²) in [7, 11) is 1.53. The highest BCUT2D eigenvalue weighted by Gasteiger charge is 2.39. The van der Waals surface area contributed by atoms with E-state index in [0.717, 1.165) is 0 Å². The number of halogens is 4. The van der Waals surface area contributed by atoms with Crippen molar-refractivity contribution in [2.24, 2.45) is 0 Å². The minimum absolute atomic E-state index is 0.104. The van der Waals surface area contributed by atoms with E-state index >= 15 is 0 Å². The molecule has 7 nitrogen and oxygen atoms in total. The first-order chi connectivity index (χ1) is 16.6. The molecule has 0 spiro atoms. The smallest absolute Gasteiger partial charge is 0.275 e. The van der Waals surface area contributed by atoms with Crippen LogP contribution in [0.3, 0.4) is 0 Å². The van der Waals surface area contributed by atoms with Crippen molar-refractivity contribution < 1.29 is 19.0 Å². The maximum atomic E-state index is 13.8. The van der Waals surface area contributed by atoms with Gasteiger partial charge in [0.2, 0.25) is 0 Å². The van der Waals surface area contributed by atoms with Crippen molar-refractivity contribution >= 4 is 56.6 Å². The fraction of sp³-hybridized carbons (Fsp3) is 0.333. The molecule has 0 aliphatic carbocycles. The third-order valence-corrected chi connectivity index (χ3v) is 7.49. The van der Waals surface area contributed by atoms with E-state index in [1.54, 1.807) is 27.8 Å². The van der Waals surface area contributed by atoms with Gasteiger partial charge in [0.1, 0.15) is 11.6 Å². The minimum Gasteiger partial charge on any atom is -0.494 e. The van der Waals surface area contributed by atoms with Crippen LogP contribution in [0.5, 0.6) is 11.5 Å². The number of hydrogen-bond acceptors (Lipinski definition) is 5. The summed E-state index contributed by atoms with van der Waals surface area (Å²) < 4.78 is 19.4. The first-order valence-corrected chi connectivity index (χ1v) is 12.7. The Balaban J connectivity index is 1.76. The van der Waals surface area contributed by atoms with E-state index in [-0.39, 0.29) is 12.5 Å². The van der Waals surface area contributed by atoms with Crippen LogP contribution in [0, 0.1) is 0 Å².